The zero-order chi connectivity index (χ0) is 12.3. The van der Waals surface area contributed by atoms with Crippen molar-refractivity contribution in [3.05, 3.63) is 65.4 Å². The maximum absolute atomic E-state index is 13.3. The van der Waals surface area contributed by atoms with E-state index in [0.29, 0.717) is 11.3 Å². The lowest BCUT2D eigenvalue weighted by atomic mass is 10.1. The Bertz CT molecular complexity index is 567. The molecule has 3 heteroatoms. The van der Waals surface area contributed by atoms with Gasteiger partial charge in [-0.2, -0.15) is 0 Å². The zero-order valence-electron chi connectivity index (χ0n) is 9.31. The highest BCUT2D eigenvalue weighted by Gasteiger charge is 2.06. The summed E-state index contributed by atoms with van der Waals surface area (Å²) in [5.74, 6) is 0.302. The van der Waals surface area contributed by atoms with Gasteiger partial charge in [0.1, 0.15) is 11.6 Å². The summed E-state index contributed by atoms with van der Waals surface area (Å²) >= 11 is 0. The number of ketones is 1. The Kier molecular flexibility index (Phi) is 3.19. The van der Waals surface area contributed by atoms with Crippen LogP contribution in [-0.2, 0) is 0 Å². The fourth-order valence-electron chi connectivity index (χ4n) is 1.42. The van der Waals surface area contributed by atoms with Gasteiger partial charge in [-0.25, -0.2) is 4.39 Å². The van der Waals surface area contributed by atoms with Crippen molar-refractivity contribution in [1.29, 1.82) is 0 Å². The Morgan fingerprint density at radius 1 is 1.24 bits per heavy atom. The maximum Gasteiger partial charge on any atom is 0.221 e. The highest BCUT2D eigenvalue weighted by atomic mass is 19.1. The number of carbonyl (C=O) groups is 1. The lowest BCUT2D eigenvalue weighted by Crippen LogP contribution is -1.91. The van der Waals surface area contributed by atoms with Crippen molar-refractivity contribution in [1.82, 2.24) is 0 Å². The molecule has 0 unspecified atom stereocenters. The van der Waals surface area contributed by atoms with Crippen molar-refractivity contribution >= 4 is 11.9 Å². The first-order valence-corrected chi connectivity index (χ1v) is 5.20. The van der Waals surface area contributed by atoms with Crippen molar-refractivity contribution in [2.24, 2.45) is 0 Å². The van der Waals surface area contributed by atoms with E-state index in [9.17, 15) is 9.18 Å². The van der Waals surface area contributed by atoms with Crippen LogP contribution in [0.2, 0.25) is 0 Å². The smallest absolute Gasteiger partial charge is 0.221 e. The summed E-state index contributed by atoms with van der Waals surface area (Å²) in [7, 11) is 0. The van der Waals surface area contributed by atoms with Crippen LogP contribution >= 0.6 is 0 Å². The Labute approximate surface area is 98.4 Å². The molecule has 17 heavy (non-hydrogen) atoms. The summed E-state index contributed by atoms with van der Waals surface area (Å²) in [5.41, 5.74) is 0.379. The number of aryl methyl sites for hydroxylation is 1. The summed E-state index contributed by atoms with van der Waals surface area (Å²) in [6.45, 7) is 1.76. The topological polar surface area (TPSA) is 30.2 Å². The van der Waals surface area contributed by atoms with Crippen LogP contribution < -0.4 is 0 Å². The molecule has 0 bridgehead atoms. The third-order valence-electron chi connectivity index (χ3n) is 2.30. The van der Waals surface area contributed by atoms with Gasteiger partial charge in [0.05, 0.1) is 0 Å². The third kappa shape index (κ3) is 2.69. The van der Waals surface area contributed by atoms with Gasteiger partial charge in [0, 0.05) is 5.56 Å². The van der Waals surface area contributed by atoms with E-state index < -0.39 is 0 Å². The first-order chi connectivity index (χ1) is 8.16. The predicted molar refractivity (Wildman–Crippen MR) is 63.2 cm³/mol. The van der Waals surface area contributed by atoms with Crippen LogP contribution in [0.25, 0.3) is 6.08 Å². The van der Waals surface area contributed by atoms with E-state index in [1.54, 1.807) is 37.3 Å². The molecule has 0 spiro atoms. The molecule has 2 nitrogen and oxygen atoms in total. The highest BCUT2D eigenvalue weighted by Crippen LogP contribution is 2.11. The number of allylic oxidation sites excluding steroid dienone is 1. The summed E-state index contributed by atoms with van der Waals surface area (Å²) in [5, 5.41) is 0. The van der Waals surface area contributed by atoms with Gasteiger partial charge in [0.25, 0.3) is 0 Å². The van der Waals surface area contributed by atoms with Gasteiger partial charge >= 0.3 is 0 Å². The van der Waals surface area contributed by atoms with E-state index in [1.807, 2.05) is 0 Å². The number of furan rings is 1. The Morgan fingerprint density at radius 2 is 2.00 bits per heavy atom. The van der Waals surface area contributed by atoms with E-state index in [-0.39, 0.29) is 17.4 Å². The highest BCUT2D eigenvalue weighted by molar-refractivity contribution is 6.04. The van der Waals surface area contributed by atoms with Gasteiger partial charge in [-0.3, -0.25) is 4.79 Å². The molecular formula is C14H11FO2. The zero-order valence-corrected chi connectivity index (χ0v) is 9.31. The van der Waals surface area contributed by atoms with E-state index in [1.165, 1.54) is 18.2 Å². The van der Waals surface area contributed by atoms with E-state index in [2.05, 4.69) is 0 Å². The molecule has 0 atom stereocenters. The quantitative estimate of drug-likeness (QED) is 0.595. The number of halogens is 1. The molecule has 1 aromatic heterocycles. The largest absolute Gasteiger partial charge is 0.458 e. The van der Waals surface area contributed by atoms with Crippen molar-refractivity contribution in [3.8, 4) is 0 Å². The average molecular weight is 230 g/mol. The minimum Gasteiger partial charge on any atom is -0.458 e. The molecule has 0 amide bonds. The fourth-order valence-corrected chi connectivity index (χ4v) is 1.42. The first kappa shape index (κ1) is 11.3. The number of rotatable bonds is 3. The predicted octanol–water partition coefficient (Wildman–Crippen LogP) is 3.62. The van der Waals surface area contributed by atoms with Crippen molar-refractivity contribution in [2.75, 3.05) is 0 Å². The molecule has 0 saturated heterocycles. The van der Waals surface area contributed by atoms with Crippen molar-refractivity contribution < 1.29 is 13.6 Å². The van der Waals surface area contributed by atoms with Crippen LogP contribution in [0.4, 0.5) is 4.39 Å². The molecule has 1 heterocycles. The summed E-state index contributed by atoms with van der Waals surface area (Å²) in [4.78, 5) is 11.6. The van der Waals surface area contributed by atoms with Crippen molar-refractivity contribution in [3.63, 3.8) is 0 Å². The summed E-state index contributed by atoms with van der Waals surface area (Å²) in [6, 6.07) is 9.58. The Hall–Kier alpha value is -2.16. The molecule has 1 aromatic carbocycles. The van der Waals surface area contributed by atoms with Crippen LogP contribution in [0.1, 0.15) is 21.9 Å². The van der Waals surface area contributed by atoms with E-state index >= 15 is 0 Å². The van der Waals surface area contributed by atoms with Crippen LogP contribution in [0.15, 0.2) is 46.9 Å². The molecule has 2 aromatic rings. The molecular weight excluding hydrogens is 219 g/mol. The van der Waals surface area contributed by atoms with Gasteiger partial charge in [0.2, 0.25) is 5.78 Å². The second-order valence-electron chi connectivity index (χ2n) is 3.63. The first-order valence-electron chi connectivity index (χ1n) is 5.20. The van der Waals surface area contributed by atoms with Gasteiger partial charge in [0.15, 0.2) is 5.76 Å². The standard InChI is InChI=1S/C14H11FO2/c1-10-6-9-14(17-10)13(16)8-7-11-4-2-3-5-12(11)15/h2-9H,1H3. The van der Waals surface area contributed by atoms with E-state index in [4.69, 9.17) is 4.42 Å². The molecule has 0 saturated carbocycles. The second kappa shape index (κ2) is 4.78. The number of hydrogen-bond donors (Lipinski definition) is 0. The molecule has 0 aliphatic heterocycles. The van der Waals surface area contributed by atoms with Crippen LogP contribution in [0.5, 0.6) is 0 Å². The molecule has 0 radical (unpaired) electrons. The van der Waals surface area contributed by atoms with Crippen molar-refractivity contribution in [2.45, 2.75) is 6.92 Å². The van der Waals surface area contributed by atoms with Gasteiger partial charge in [-0.05, 0) is 37.3 Å². The lowest BCUT2D eigenvalue weighted by Gasteiger charge is -1.94. The summed E-state index contributed by atoms with van der Waals surface area (Å²) < 4.78 is 18.4. The molecule has 0 aliphatic rings. The number of benzene rings is 1. The lowest BCUT2D eigenvalue weighted by molar-refractivity contribution is 0.102. The Morgan fingerprint density at radius 3 is 2.65 bits per heavy atom. The summed E-state index contributed by atoms with van der Waals surface area (Å²) in [6.07, 6.45) is 2.74. The number of carbonyl (C=O) groups excluding carboxylic acids is 1. The average Bonchev–Trinajstić information content (AvgIpc) is 2.74. The second-order valence-corrected chi connectivity index (χ2v) is 3.63. The minimum atomic E-state index is -0.354. The number of hydrogen-bond acceptors (Lipinski definition) is 2. The minimum absolute atomic E-state index is 0.259. The van der Waals surface area contributed by atoms with Gasteiger partial charge < -0.3 is 4.42 Å². The molecule has 86 valence electrons. The maximum atomic E-state index is 13.3. The fraction of sp³-hybridized carbons (Fsp3) is 0.0714. The van der Waals surface area contributed by atoms with Gasteiger partial charge in [-0.1, -0.05) is 18.2 Å². The van der Waals surface area contributed by atoms with E-state index in [0.717, 1.165) is 0 Å². The normalized spacial score (nSPS) is 10.9. The van der Waals surface area contributed by atoms with Crippen LogP contribution in [-0.4, -0.2) is 5.78 Å². The monoisotopic (exact) mass is 230 g/mol. The SMILES string of the molecule is Cc1ccc(C(=O)C=Cc2ccccc2F)o1. The molecule has 0 N–H and O–H groups in total. The van der Waals surface area contributed by atoms with Crippen LogP contribution in [0.3, 0.4) is 0 Å². The third-order valence-corrected chi connectivity index (χ3v) is 2.30. The van der Waals surface area contributed by atoms with Gasteiger partial charge in [-0.15, -0.1) is 0 Å². The molecule has 0 fully saturated rings. The molecule has 0 aliphatic carbocycles. The Balaban J connectivity index is 2.17. The molecule has 2 rings (SSSR count). The van der Waals surface area contributed by atoms with Crippen LogP contribution in [0, 0.1) is 12.7 Å².